The molecule has 2 saturated heterocycles. The molecule has 5 rings (SSSR count). The Hall–Kier alpha value is -3.03. The van der Waals surface area contributed by atoms with Crippen LogP contribution in [0, 0.1) is 17.7 Å². The van der Waals surface area contributed by atoms with Crippen LogP contribution in [0.1, 0.15) is 43.2 Å². The number of ether oxygens (including phenoxy) is 1. The van der Waals surface area contributed by atoms with Crippen molar-refractivity contribution < 1.29 is 32.2 Å². The number of alkyl halides is 3. The third kappa shape index (κ3) is 7.07. The van der Waals surface area contributed by atoms with E-state index < -0.39 is 35.6 Å². The lowest BCUT2D eigenvalue weighted by Gasteiger charge is -2.42. The number of carbonyl (C=O) groups excluding carboxylic acids is 1. The molecule has 0 radical (unpaired) electrons. The number of nitrogens with zero attached hydrogens (tertiary/aromatic N) is 4. The maximum atomic E-state index is 15.6. The van der Waals surface area contributed by atoms with Gasteiger partial charge in [0.05, 0.1) is 17.7 Å². The van der Waals surface area contributed by atoms with Crippen molar-refractivity contribution in [2.75, 3.05) is 43.1 Å². The van der Waals surface area contributed by atoms with E-state index in [-0.39, 0.29) is 49.1 Å². The first-order valence-corrected chi connectivity index (χ1v) is 14.1. The number of likely N-dealkylation sites (tertiary alicyclic amines) is 1. The third-order valence-electron chi connectivity index (χ3n) is 8.35. The fourth-order valence-corrected chi connectivity index (χ4v) is 5.91. The van der Waals surface area contributed by atoms with Crippen molar-refractivity contribution in [2.24, 2.45) is 17.6 Å². The number of piperidine rings is 1. The number of β-amino-alcohol motifs (C(OH)–C–C–N with tert-alkyl or cyclic N) is 1. The van der Waals surface area contributed by atoms with Crippen LogP contribution in [0.2, 0.25) is 0 Å². The van der Waals surface area contributed by atoms with Crippen LogP contribution in [0.3, 0.4) is 0 Å². The lowest BCUT2D eigenvalue weighted by Crippen LogP contribution is -2.57. The van der Waals surface area contributed by atoms with E-state index >= 15 is 4.39 Å². The zero-order chi connectivity index (χ0) is 29.1. The Labute approximate surface area is 236 Å². The number of aliphatic hydroxyl groups excluding tert-OH is 1. The van der Waals surface area contributed by atoms with Gasteiger partial charge in [-0.25, -0.2) is 9.97 Å². The number of nitrogens with one attached hydrogen (secondary N) is 1. The quantitative estimate of drug-likeness (QED) is 0.367. The molecule has 2 aliphatic heterocycles. The van der Waals surface area contributed by atoms with Gasteiger partial charge in [-0.05, 0) is 62.3 Å². The maximum absolute atomic E-state index is 15.6. The molecule has 3 aliphatic rings. The SMILES string of the molecule is NC(=O)C(C1CCOCC1)N1CCC(CNc2ncnc(N(Cc3ccc(C(F)(F)F)cc3)C3CC3)c2F)C(O)C1. The molecule has 0 bridgehead atoms. The van der Waals surface area contributed by atoms with E-state index in [4.69, 9.17) is 10.5 Å². The second-order valence-electron chi connectivity index (χ2n) is 11.2. The van der Waals surface area contributed by atoms with Crippen LogP contribution in [0.25, 0.3) is 0 Å². The fourth-order valence-electron chi connectivity index (χ4n) is 5.91. The van der Waals surface area contributed by atoms with Crippen LogP contribution in [0.15, 0.2) is 30.6 Å². The second kappa shape index (κ2) is 12.5. The van der Waals surface area contributed by atoms with Gasteiger partial charge >= 0.3 is 6.18 Å². The molecule has 1 aromatic carbocycles. The number of hydrogen-bond donors (Lipinski definition) is 3. The number of anilines is 2. The molecule has 4 N–H and O–H groups in total. The highest BCUT2D eigenvalue weighted by Crippen LogP contribution is 2.36. The molecule has 1 aliphatic carbocycles. The molecule has 1 amide bonds. The number of hydrogen-bond acceptors (Lipinski definition) is 8. The van der Waals surface area contributed by atoms with E-state index in [0.29, 0.717) is 31.7 Å². The topological polar surface area (TPSA) is 117 Å². The van der Waals surface area contributed by atoms with Crippen LogP contribution in [0.4, 0.5) is 29.2 Å². The normalized spacial score (nSPS) is 23.2. The van der Waals surface area contributed by atoms with Gasteiger partial charge in [0.2, 0.25) is 11.7 Å². The summed E-state index contributed by atoms with van der Waals surface area (Å²) in [6.07, 6.45) is -0.169. The average Bonchev–Trinajstić information content (AvgIpc) is 3.78. The van der Waals surface area contributed by atoms with Gasteiger partial charge in [-0.2, -0.15) is 17.6 Å². The van der Waals surface area contributed by atoms with Crippen molar-refractivity contribution in [3.63, 3.8) is 0 Å². The first-order valence-electron chi connectivity index (χ1n) is 14.1. The van der Waals surface area contributed by atoms with Crippen LogP contribution in [0.5, 0.6) is 0 Å². The third-order valence-corrected chi connectivity index (χ3v) is 8.35. The summed E-state index contributed by atoms with van der Waals surface area (Å²) in [4.78, 5) is 24.2. The minimum absolute atomic E-state index is 0.0000768. The summed E-state index contributed by atoms with van der Waals surface area (Å²) in [6, 6.07) is 4.42. The molecule has 3 unspecified atom stereocenters. The van der Waals surface area contributed by atoms with Gasteiger partial charge in [0.1, 0.15) is 6.33 Å². The van der Waals surface area contributed by atoms with Gasteiger partial charge in [-0.15, -0.1) is 0 Å². The molecule has 2 aromatic rings. The zero-order valence-electron chi connectivity index (χ0n) is 22.7. The molecule has 0 spiro atoms. The Bertz CT molecular complexity index is 1190. The van der Waals surface area contributed by atoms with Crippen LogP contribution in [-0.2, 0) is 22.3 Å². The second-order valence-corrected chi connectivity index (χ2v) is 11.2. The Balaban J connectivity index is 1.21. The first kappa shape index (κ1) is 29.5. The van der Waals surface area contributed by atoms with Crippen molar-refractivity contribution in [3.8, 4) is 0 Å². The van der Waals surface area contributed by atoms with Gasteiger partial charge in [0, 0.05) is 44.8 Å². The van der Waals surface area contributed by atoms with E-state index in [1.165, 1.54) is 18.5 Å². The summed E-state index contributed by atoms with van der Waals surface area (Å²) in [5.41, 5.74) is 5.62. The predicted octanol–water partition coefficient (Wildman–Crippen LogP) is 3.18. The molecule has 3 atom stereocenters. The van der Waals surface area contributed by atoms with Crippen LogP contribution < -0.4 is 16.0 Å². The summed E-state index contributed by atoms with van der Waals surface area (Å²) in [7, 11) is 0. The Morgan fingerprint density at radius 1 is 1.15 bits per heavy atom. The lowest BCUT2D eigenvalue weighted by atomic mass is 9.86. The molecular weight excluding hydrogens is 544 g/mol. The first-order chi connectivity index (χ1) is 19.6. The number of carbonyl (C=O) groups is 1. The number of halogens is 4. The van der Waals surface area contributed by atoms with Crippen LogP contribution in [-0.4, -0.2) is 76.9 Å². The highest BCUT2D eigenvalue weighted by atomic mass is 19.4. The Morgan fingerprint density at radius 2 is 1.85 bits per heavy atom. The van der Waals surface area contributed by atoms with E-state index in [0.717, 1.165) is 37.8 Å². The average molecular weight is 581 g/mol. The Kier molecular flexibility index (Phi) is 8.95. The fraction of sp³-hybridized carbons (Fsp3) is 0.607. The number of nitrogens with two attached hydrogens (primary N) is 1. The smallest absolute Gasteiger partial charge is 0.391 e. The summed E-state index contributed by atoms with van der Waals surface area (Å²) >= 11 is 0. The predicted molar refractivity (Wildman–Crippen MR) is 143 cm³/mol. The molecular formula is C28H36F4N6O3. The van der Waals surface area contributed by atoms with Gasteiger partial charge in [0.25, 0.3) is 0 Å². The number of primary amides is 1. The molecule has 1 aromatic heterocycles. The minimum Gasteiger partial charge on any atom is -0.391 e. The molecule has 3 heterocycles. The number of benzene rings is 1. The van der Waals surface area contributed by atoms with Gasteiger partial charge in [0.15, 0.2) is 11.6 Å². The molecule has 9 nitrogen and oxygen atoms in total. The highest BCUT2D eigenvalue weighted by molar-refractivity contribution is 5.80. The van der Waals surface area contributed by atoms with Crippen molar-refractivity contribution in [3.05, 3.63) is 47.5 Å². The largest absolute Gasteiger partial charge is 0.416 e. The number of rotatable bonds is 10. The molecule has 224 valence electrons. The summed E-state index contributed by atoms with van der Waals surface area (Å²) in [6.45, 7) is 2.52. The highest BCUT2D eigenvalue weighted by Gasteiger charge is 2.39. The maximum Gasteiger partial charge on any atom is 0.416 e. The molecule has 1 saturated carbocycles. The summed E-state index contributed by atoms with van der Waals surface area (Å²) in [5.74, 6) is -1.06. The van der Waals surface area contributed by atoms with Crippen LogP contribution >= 0.6 is 0 Å². The molecule has 3 fully saturated rings. The van der Waals surface area contributed by atoms with Gasteiger partial charge < -0.3 is 25.8 Å². The van der Waals surface area contributed by atoms with E-state index in [1.54, 1.807) is 4.90 Å². The van der Waals surface area contributed by atoms with Gasteiger partial charge in [-0.3, -0.25) is 9.69 Å². The molecule has 13 heteroatoms. The molecule has 41 heavy (non-hydrogen) atoms. The van der Waals surface area contributed by atoms with E-state index in [1.807, 2.05) is 4.90 Å². The van der Waals surface area contributed by atoms with Crippen molar-refractivity contribution in [1.29, 1.82) is 0 Å². The van der Waals surface area contributed by atoms with Crippen molar-refractivity contribution in [1.82, 2.24) is 14.9 Å². The summed E-state index contributed by atoms with van der Waals surface area (Å²) in [5, 5.41) is 13.9. The Morgan fingerprint density at radius 3 is 2.46 bits per heavy atom. The lowest BCUT2D eigenvalue weighted by molar-refractivity contribution is -0.137. The van der Waals surface area contributed by atoms with E-state index in [9.17, 15) is 23.1 Å². The minimum atomic E-state index is -4.42. The van der Waals surface area contributed by atoms with Gasteiger partial charge in [-0.1, -0.05) is 12.1 Å². The van der Waals surface area contributed by atoms with Crippen molar-refractivity contribution >= 4 is 17.5 Å². The summed E-state index contributed by atoms with van der Waals surface area (Å²) < 4.78 is 59.9. The number of aliphatic hydroxyl groups is 1. The monoisotopic (exact) mass is 580 g/mol. The zero-order valence-corrected chi connectivity index (χ0v) is 22.7. The van der Waals surface area contributed by atoms with E-state index in [2.05, 4.69) is 15.3 Å². The standard InChI is InChI=1S/C28H36F4N6O3/c29-23-26(34-13-19-7-10-37(15-22(19)39)24(25(33)40)18-8-11-41-12-9-18)35-16-36-27(23)38(21-5-6-21)14-17-1-3-20(4-2-17)28(30,31)32/h1-4,16,18-19,21-22,24,39H,5-15H2,(H2,33,40)(H,34,35,36). The van der Waals surface area contributed by atoms with Crippen molar-refractivity contribution in [2.45, 2.75) is 63.0 Å². The number of amides is 1. The number of aromatic nitrogens is 2.